The van der Waals surface area contributed by atoms with Crippen LogP contribution in [0.2, 0.25) is 0 Å². The second-order valence-corrected chi connectivity index (χ2v) is 7.70. The van der Waals surface area contributed by atoms with Crippen LogP contribution in [0.5, 0.6) is 0 Å². The van der Waals surface area contributed by atoms with Crippen LogP contribution in [-0.4, -0.2) is 11.8 Å². The van der Waals surface area contributed by atoms with E-state index in [-0.39, 0.29) is 11.8 Å². The maximum atomic E-state index is 12.4. The maximum absolute atomic E-state index is 12.4. The lowest BCUT2D eigenvalue weighted by molar-refractivity contribution is -0.123. The van der Waals surface area contributed by atoms with Gasteiger partial charge in [-0.3, -0.25) is 9.59 Å². The molecule has 0 saturated heterocycles. The van der Waals surface area contributed by atoms with Crippen molar-refractivity contribution in [1.29, 1.82) is 0 Å². The van der Waals surface area contributed by atoms with E-state index in [2.05, 4.69) is 10.6 Å². The smallest absolute Gasteiger partial charge is 0.266 e. The zero-order chi connectivity index (χ0) is 17.2. The first-order chi connectivity index (χ1) is 10.7. The molecule has 0 spiro atoms. The molecule has 2 rings (SSSR count). The van der Waals surface area contributed by atoms with Crippen LogP contribution in [0.1, 0.15) is 41.6 Å². The summed E-state index contributed by atoms with van der Waals surface area (Å²) < 4.78 is 0. The molecule has 0 saturated carbocycles. The Balaban J connectivity index is 2.14. The second kappa shape index (κ2) is 6.54. The molecule has 1 heterocycles. The summed E-state index contributed by atoms with van der Waals surface area (Å²) in [4.78, 5) is 25.1. The van der Waals surface area contributed by atoms with Crippen LogP contribution in [-0.2, 0) is 4.79 Å². The molecule has 0 radical (unpaired) electrons. The van der Waals surface area contributed by atoms with E-state index in [9.17, 15) is 9.59 Å². The lowest BCUT2D eigenvalue weighted by Crippen LogP contribution is -2.27. The molecule has 122 valence electrons. The van der Waals surface area contributed by atoms with E-state index in [0.29, 0.717) is 9.88 Å². The van der Waals surface area contributed by atoms with Crippen molar-refractivity contribution in [1.82, 2.24) is 0 Å². The van der Waals surface area contributed by atoms with Gasteiger partial charge in [-0.1, -0.05) is 32.9 Å². The van der Waals surface area contributed by atoms with Gasteiger partial charge < -0.3 is 10.6 Å². The molecule has 0 fully saturated rings. The number of hydrogen-bond acceptors (Lipinski definition) is 3. The molecule has 0 atom stereocenters. The number of carbonyl (C=O) groups excluding carboxylic acids is 2. The van der Waals surface area contributed by atoms with Gasteiger partial charge in [0.25, 0.3) is 5.91 Å². The summed E-state index contributed by atoms with van der Waals surface area (Å²) in [5.74, 6) is -0.223. The zero-order valence-corrected chi connectivity index (χ0v) is 14.9. The highest BCUT2D eigenvalue weighted by Crippen LogP contribution is 2.29. The first-order valence-corrected chi connectivity index (χ1v) is 8.28. The average Bonchev–Trinajstić information content (AvgIpc) is 2.78. The van der Waals surface area contributed by atoms with Gasteiger partial charge in [0.15, 0.2) is 0 Å². The highest BCUT2D eigenvalue weighted by Gasteiger charge is 2.23. The Hall–Kier alpha value is -2.14. The Labute approximate surface area is 140 Å². The van der Waals surface area contributed by atoms with Crippen molar-refractivity contribution in [2.24, 2.45) is 5.41 Å². The van der Waals surface area contributed by atoms with Crippen molar-refractivity contribution in [3.8, 4) is 0 Å². The molecule has 0 bridgehead atoms. The van der Waals surface area contributed by atoms with E-state index in [1.165, 1.54) is 11.3 Å². The van der Waals surface area contributed by atoms with Crippen LogP contribution in [0.3, 0.4) is 0 Å². The molecule has 1 aromatic heterocycles. The number of anilines is 2. The average molecular weight is 330 g/mol. The fourth-order valence-electron chi connectivity index (χ4n) is 1.98. The molecule has 0 aliphatic heterocycles. The Morgan fingerprint density at radius 2 is 1.74 bits per heavy atom. The Kier molecular flexibility index (Phi) is 4.90. The number of thiophene rings is 1. The highest BCUT2D eigenvalue weighted by atomic mass is 32.1. The lowest BCUT2D eigenvalue weighted by atomic mass is 9.96. The van der Waals surface area contributed by atoms with Crippen LogP contribution in [0.25, 0.3) is 0 Å². The van der Waals surface area contributed by atoms with Crippen molar-refractivity contribution in [2.75, 3.05) is 10.6 Å². The minimum Gasteiger partial charge on any atom is -0.321 e. The molecule has 2 amide bonds. The number of amides is 2. The molecule has 0 unspecified atom stereocenters. The van der Waals surface area contributed by atoms with Crippen LogP contribution in [0, 0.1) is 19.3 Å². The number of rotatable bonds is 3. The number of nitrogens with one attached hydrogen (secondary N) is 2. The highest BCUT2D eigenvalue weighted by molar-refractivity contribution is 7.18. The third kappa shape index (κ3) is 4.42. The van der Waals surface area contributed by atoms with Gasteiger partial charge in [0.05, 0.1) is 9.88 Å². The summed E-state index contributed by atoms with van der Waals surface area (Å²) in [6.07, 6.45) is 0. The predicted octanol–water partition coefficient (Wildman–Crippen LogP) is 4.60. The molecule has 2 aromatic rings. The lowest BCUT2D eigenvalue weighted by Gasteiger charge is -2.16. The third-order valence-corrected chi connectivity index (χ3v) is 4.47. The summed E-state index contributed by atoms with van der Waals surface area (Å²) >= 11 is 1.29. The van der Waals surface area contributed by atoms with Crippen LogP contribution < -0.4 is 10.6 Å². The van der Waals surface area contributed by atoms with Gasteiger partial charge in [0, 0.05) is 11.1 Å². The van der Waals surface area contributed by atoms with E-state index in [1.807, 2.05) is 65.0 Å². The van der Waals surface area contributed by atoms with Crippen molar-refractivity contribution >= 4 is 33.8 Å². The maximum Gasteiger partial charge on any atom is 0.266 e. The molecule has 2 N–H and O–H groups in total. The van der Waals surface area contributed by atoms with Gasteiger partial charge in [-0.15, -0.1) is 11.3 Å². The van der Waals surface area contributed by atoms with Crippen LogP contribution in [0.4, 0.5) is 10.7 Å². The third-order valence-electron chi connectivity index (χ3n) is 3.32. The zero-order valence-electron chi connectivity index (χ0n) is 14.1. The molecule has 0 aliphatic carbocycles. The van der Waals surface area contributed by atoms with Crippen LogP contribution in [0.15, 0.2) is 30.3 Å². The van der Waals surface area contributed by atoms with Gasteiger partial charge in [-0.05, 0) is 43.2 Å². The number of hydrogen-bond donors (Lipinski definition) is 2. The van der Waals surface area contributed by atoms with Crippen molar-refractivity contribution in [3.63, 3.8) is 0 Å². The van der Waals surface area contributed by atoms with Crippen molar-refractivity contribution in [3.05, 3.63) is 46.3 Å². The normalized spacial score (nSPS) is 11.2. The van der Waals surface area contributed by atoms with Gasteiger partial charge in [-0.2, -0.15) is 0 Å². The van der Waals surface area contributed by atoms with E-state index in [1.54, 1.807) is 0 Å². The Bertz CT molecular complexity index is 742. The van der Waals surface area contributed by atoms with Gasteiger partial charge in [0.1, 0.15) is 0 Å². The van der Waals surface area contributed by atoms with Crippen molar-refractivity contribution in [2.45, 2.75) is 34.6 Å². The molecule has 4 nitrogen and oxygen atoms in total. The van der Waals surface area contributed by atoms with E-state index >= 15 is 0 Å². The van der Waals surface area contributed by atoms with Gasteiger partial charge in [0.2, 0.25) is 5.91 Å². The molecule has 23 heavy (non-hydrogen) atoms. The van der Waals surface area contributed by atoms with Gasteiger partial charge >= 0.3 is 0 Å². The molecule has 1 aromatic carbocycles. The predicted molar refractivity (Wildman–Crippen MR) is 96.3 cm³/mol. The van der Waals surface area contributed by atoms with E-state index in [0.717, 1.165) is 16.8 Å². The summed E-state index contributed by atoms with van der Waals surface area (Å²) in [6.45, 7) is 9.41. The fourth-order valence-corrected chi connectivity index (χ4v) is 2.94. The Morgan fingerprint density at radius 3 is 2.35 bits per heavy atom. The molecular formula is C18H22N2O2S. The summed E-state index contributed by atoms with van der Waals surface area (Å²) in [5.41, 5.74) is 2.23. The van der Waals surface area contributed by atoms with Gasteiger partial charge in [-0.25, -0.2) is 0 Å². The van der Waals surface area contributed by atoms with E-state index in [4.69, 9.17) is 0 Å². The Morgan fingerprint density at radius 1 is 1.04 bits per heavy atom. The number of aryl methyl sites for hydroxylation is 2. The SMILES string of the molecule is Cc1cccc(NC(=O)c2sc(NC(=O)C(C)(C)C)cc2C)c1. The second-order valence-electron chi connectivity index (χ2n) is 6.65. The molecular weight excluding hydrogens is 308 g/mol. The number of benzene rings is 1. The summed E-state index contributed by atoms with van der Waals surface area (Å²) in [7, 11) is 0. The largest absolute Gasteiger partial charge is 0.321 e. The minimum absolute atomic E-state index is 0.0654. The summed E-state index contributed by atoms with van der Waals surface area (Å²) in [6, 6.07) is 9.49. The number of carbonyl (C=O) groups is 2. The standard InChI is InChI=1S/C18H22N2O2S/c1-11-7-6-8-13(9-11)19-16(21)15-12(2)10-14(23-15)20-17(22)18(3,4)5/h6-10H,1-5H3,(H,19,21)(H,20,22). The molecule has 0 aliphatic rings. The first-order valence-electron chi connectivity index (χ1n) is 7.47. The molecule has 5 heteroatoms. The fraction of sp³-hybridized carbons (Fsp3) is 0.333. The summed E-state index contributed by atoms with van der Waals surface area (Å²) in [5, 5.41) is 6.46. The first kappa shape index (κ1) is 17.2. The van der Waals surface area contributed by atoms with Crippen molar-refractivity contribution < 1.29 is 9.59 Å². The minimum atomic E-state index is -0.470. The van der Waals surface area contributed by atoms with Crippen LogP contribution >= 0.6 is 11.3 Å². The quantitative estimate of drug-likeness (QED) is 0.864. The monoisotopic (exact) mass is 330 g/mol. The van der Waals surface area contributed by atoms with E-state index < -0.39 is 5.41 Å². The topological polar surface area (TPSA) is 58.2 Å².